The summed E-state index contributed by atoms with van der Waals surface area (Å²) in [6, 6.07) is 23.8. The van der Waals surface area contributed by atoms with Gasteiger partial charge in [-0.15, -0.1) is 0 Å². The van der Waals surface area contributed by atoms with Gasteiger partial charge in [0.15, 0.2) is 6.10 Å². The second-order valence-corrected chi connectivity index (χ2v) is 6.85. The molecule has 0 radical (unpaired) electrons. The predicted molar refractivity (Wildman–Crippen MR) is 117 cm³/mol. The van der Waals surface area contributed by atoms with E-state index in [4.69, 9.17) is 14.2 Å². The zero-order valence-electron chi connectivity index (χ0n) is 17.7. The summed E-state index contributed by atoms with van der Waals surface area (Å²) in [4.78, 5) is 25.7. The number of hydrogen-bond donors (Lipinski definition) is 1. The smallest absolute Gasteiger partial charge is 0.346 e. The van der Waals surface area contributed by atoms with Gasteiger partial charge in [0.25, 0.3) is 5.91 Å². The second kappa shape index (κ2) is 10.3. The molecule has 1 atom stereocenters. The van der Waals surface area contributed by atoms with Gasteiger partial charge in [0.1, 0.15) is 17.1 Å². The van der Waals surface area contributed by atoms with E-state index in [9.17, 15) is 9.59 Å². The lowest BCUT2D eigenvalue weighted by Crippen LogP contribution is -2.38. The van der Waals surface area contributed by atoms with E-state index in [2.05, 4.69) is 5.32 Å². The van der Waals surface area contributed by atoms with E-state index < -0.39 is 18.0 Å². The topological polar surface area (TPSA) is 73.9 Å². The summed E-state index contributed by atoms with van der Waals surface area (Å²) >= 11 is 0. The molecule has 0 bridgehead atoms. The van der Waals surface area contributed by atoms with Crippen LogP contribution in [-0.4, -0.2) is 32.2 Å². The Bertz CT molecular complexity index is 959. The van der Waals surface area contributed by atoms with Gasteiger partial charge in [-0.3, -0.25) is 4.79 Å². The van der Waals surface area contributed by atoms with Crippen LogP contribution in [0.1, 0.15) is 34.5 Å². The SMILES string of the molecule is COc1cccc(OC)c1C(=O)O[C@H](C)C(=O)NC(c1ccccc1)c1ccccc1. The minimum Gasteiger partial charge on any atom is -0.496 e. The maximum atomic E-state index is 12.9. The van der Waals surface area contributed by atoms with Crippen molar-refractivity contribution in [1.82, 2.24) is 5.32 Å². The third kappa shape index (κ3) is 5.22. The van der Waals surface area contributed by atoms with Gasteiger partial charge in [-0.1, -0.05) is 66.7 Å². The van der Waals surface area contributed by atoms with Crippen LogP contribution in [0.5, 0.6) is 11.5 Å². The Balaban J connectivity index is 1.78. The Hall–Kier alpha value is -3.80. The first-order valence-corrected chi connectivity index (χ1v) is 9.87. The van der Waals surface area contributed by atoms with Gasteiger partial charge in [0.05, 0.1) is 20.3 Å². The summed E-state index contributed by atoms with van der Waals surface area (Å²) in [6.45, 7) is 1.53. The van der Waals surface area contributed by atoms with Gasteiger partial charge in [0.2, 0.25) is 0 Å². The largest absolute Gasteiger partial charge is 0.496 e. The Morgan fingerprint density at radius 3 is 1.68 bits per heavy atom. The summed E-state index contributed by atoms with van der Waals surface area (Å²) in [5.74, 6) is -0.500. The van der Waals surface area contributed by atoms with Crippen molar-refractivity contribution in [2.45, 2.75) is 19.1 Å². The van der Waals surface area contributed by atoms with Crippen LogP contribution >= 0.6 is 0 Å². The zero-order valence-corrected chi connectivity index (χ0v) is 17.7. The van der Waals surface area contributed by atoms with E-state index in [1.165, 1.54) is 21.1 Å². The highest BCUT2D eigenvalue weighted by atomic mass is 16.6. The minimum atomic E-state index is -1.03. The van der Waals surface area contributed by atoms with Crippen LogP contribution in [0.15, 0.2) is 78.9 Å². The van der Waals surface area contributed by atoms with Gasteiger partial charge >= 0.3 is 5.97 Å². The van der Waals surface area contributed by atoms with Crippen molar-refractivity contribution < 1.29 is 23.8 Å². The molecule has 0 aliphatic heterocycles. The number of ether oxygens (including phenoxy) is 3. The average Bonchev–Trinajstić information content (AvgIpc) is 2.82. The van der Waals surface area contributed by atoms with Crippen LogP contribution in [-0.2, 0) is 9.53 Å². The molecule has 0 heterocycles. The van der Waals surface area contributed by atoms with Crippen LogP contribution in [0.25, 0.3) is 0 Å². The molecule has 1 N–H and O–H groups in total. The lowest BCUT2D eigenvalue weighted by atomic mass is 9.98. The average molecular weight is 419 g/mol. The molecule has 0 unspecified atom stereocenters. The van der Waals surface area contributed by atoms with Gasteiger partial charge in [-0.05, 0) is 30.2 Å². The molecule has 6 heteroatoms. The molecule has 0 aromatic heterocycles. The Morgan fingerprint density at radius 1 is 0.742 bits per heavy atom. The van der Waals surface area contributed by atoms with Crippen molar-refractivity contribution in [3.05, 3.63) is 95.6 Å². The van der Waals surface area contributed by atoms with Crippen LogP contribution in [0.3, 0.4) is 0 Å². The third-order valence-electron chi connectivity index (χ3n) is 4.84. The van der Waals surface area contributed by atoms with E-state index in [1.807, 2.05) is 60.7 Å². The molecular formula is C25H25NO5. The highest BCUT2D eigenvalue weighted by molar-refractivity contribution is 5.97. The Kier molecular flexibility index (Phi) is 7.27. The highest BCUT2D eigenvalue weighted by Gasteiger charge is 2.26. The maximum Gasteiger partial charge on any atom is 0.346 e. The number of hydrogen-bond acceptors (Lipinski definition) is 5. The second-order valence-electron chi connectivity index (χ2n) is 6.85. The van der Waals surface area contributed by atoms with Crippen molar-refractivity contribution in [2.75, 3.05) is 14.2 Å². The van der Waals surface area contributed by atoms with E-state index in [0.717, 1.165) is 11.1 Å². The molecule has 1 amide bonds. The zero-order chi connectivity index (χ0) is 22.2. The lowest BCUT2D eigenvalue weighted by Gasteiger charge is -2.22. The van der Waals surface area contributed by atoms with Crippen molar-refractivity contribution in [3.8, 4) is 11.5 Å². The first-order valence-electron chi connectivity index (χ1n) is 9.87. The summed E-state index contributed by atoms with van der Waals surface area (Å²) in [5.41, 5.74) is 1.98. The van der Waals surface area contributed by atoms with E-state index >= 15 is 0 Å². The Morgan fingerprint density at radius 2 is 1.23 bits per heavy atom. The van der Waals surface area contributed by atoms with E-state index in [-0.39, 0.29) is 11.6 Å². The first-order chi connectivity index (χ1) is 15.0. The molecule has 3 aromatic rings. The van der Waals surface area contributed by atoms with Gasteiger partial charge < -0.3 is 19.5 Å². The van der Waals surface area contributed by atoms with Gasteiger partial charge in [-0.25, -0.2) is 4.79 Å². The molecule has 0 aliphatic rings. The van der Waals surface area contributed by atoms with Crippen molar-refractivity contribution in [3.63, 3.8) is 0 Å². The highest BCUT2D eigenvalue weighted by Crippen LogP contribution is 2.29. The molecule has 0 saturated heterocycles. The molecule has 0 spiro atoms. The Labute approximate surface area is 181 Å². The number of amides is 1. The lowest BCUT2D eigenvalue weighted by molar-refractivity contribution is -0.129. The third-order valence-corrected chi connectivity index (χ3v) is 4.84. The molecule has 0 saturated carbocycles. The van der Waals surface area contributed by atoms with Crippen molar-refractivity contribution >= 4 is 11.9 Å². The molecule has 3 rings (SSSR count). The normalized spacial score (nSPS) is 11.5. The summed E-state index contributed by atoms with van der Waals surface area (Å²) < 4.78 is 15.9. The van der Waals surface area contributed by atoms with Crippen LogP contribution < -0.4 is 14.8 Å². The molecule has 3 aromatic carbocycles. The summed E-state index contributed by atoms with van der Waals surface area (Å²) in [7, 11) is 2.90. The quantitative estimate of drug-likeness (QED) is 0.555. The number of carbonyl (C=O) groups excluding carboxylic acids is 2. The summed E-state index contributed by atoms with van der Waals surface area (Å²) in [5, 5.41) is 2.98. The van der Waals surface area contributed by atoms with Gasteiger partial charge in [-0.2, -0.15) is 0 Å². The standard InChI is InChI=1S/C25H25NO5/c1-17(31-25(28)22-20(29-2)15-10-16-21(22)30-3)24(27)26-23(18-11-6-4-7-12-18)19-13-8-5-9-14-19/h4-17,23H,1-3H3,(H,26,27)/t17-/m1/s1. The van der Waals surface area contributed by atoms with E-state index in [1.54, 1.807) is 18.2 Å². The number of benzene rings is 3. The first kappa shape index (κ1) is 21.9. The fourth-order valence-corrected chi connectivity index (χ4v) is 3.24. The molecule has 0 fully saturated rings. The summed E-state index contributed by atoms with van der Waals surface area (Å²) in [6.07, 6.45) is -1.03. The maximum absolute atomic E-state index is 12.9. The minimum absolute atomic E-state index is 0.134. The fraction of sp³-hybridized carbons (Fsp3) is 0.200. The molecule has 31 heavy (non-hydrogen) atoms. The van der Waals surface area contributed by atoms with Crippen LogP contribution in [0.2, 0.25) is 0 Å². The number of esters is 1. The molecule has 0 aliphatic carbocycles. The number of rotatable bonds is 8. The van der Waals surface area contributed by atoms with Crippen molar-refractivity contribution in [1.29, 1.82) is 0 Å². The fourth-order valence-electron chi connectivity index (χ4n) is 3.24. The van der Waals surface area contributed by atoms with Crippen LogP contribution in [0, 0.1) is 0 Å². The molecule has 160 valence electrons. The number of methoxy groups -OCH3 is 2. The van der Waals surface area contributed by atoms with Crippen LogP contribution in [0.4, 0.5) is 0 Å². The molecule has 6 nitrogen and oxygen atoms in total. The monoisotopic (exact) mass is 419 g/mol. The van der Waals surface area contributed by atoms with Crippen molar-refractivity contribution in [2.24, 2.45) is 0 Å². The van der Waals surface area contributed by atoms with E-state index in [0.29, 0.717) is 11.5 Å². The predicted octanol–water partition coefficient (Wildman–Crippen LogP) is 4.15. The molecular weight excluding hydrogens is 394 g/mol. The number of nitrogens with one attached hydrogen (secondary N) is 1. The number of carbonyl (C=O) groups is 2. The van der Waals surface area contributed by atoms with Gasteiger partial charge in [0, 0.05) is 0 Å².